The topological polar surface area (TPSA) is 26.0 Å². The maximum absolute atomic E-state index is 4.68. The van der Waals surface area contributed by atoms with Crippen LogP contribution >= 0.6 is 11.3 Å². The van der Waals surface area contributed by atoms with Crippen LogP contribution in [0, 0.1) is 0 Å². The number of nitrogens with zero attached hydrogens (tertiary/aromatic N) is 4. The molecular weight excluding hydrogens is 280 g/mol. The standard InChI is InChI=1S/C16H18N4S/c1-18-6-5-14-15(18)11-20(10-13-4-3-7-21-13)9-12-8-19(2)17-16(12)14/h3-8H,9-11H2,1-2H3. The van der Waals surface area contributed by atoms with Gasteiger partial charge >= 0.3 is 0 Å². The number of aromatic nitrogens is 3. The lowest BCUT2D eigenvalue weighted by molar-refractivity contribution is 0.247. The van der Waals surface area contributed by atoms with E-state index < -0.39 is 0 Å². The summed E-state index contributed by atoms with van der Waals surface area (Å²) in [5, 5.41) is 6.83. The lowest BCUT2D eigenvalue weighted by Crippen LogP contribution is -2.22. The van der Waals surface area contributed by atoms with Crippen molar-refractivity contribution in [2.24, 2.45) is 14.1 Å². The molecule has 4 rings (SSSR count). The number of thiophene rings is 1. The van der Waals surface area contributed by atoms with Crippen LogP contribution in [0.3, 0.4) is 0 Å². The van der Waals surface area contributed by atoms with E-state index in [1.807, 2.05) is 23.1 Å². The molecule has 0 atom stereocenters. The minimum atomic E-state index is 0.954. The minimum Gasteiger partial charge on any atom is -0.353 e. The van der Waals surface area contributed by atoms with E-state index in [1.54, 1.807) is 0 Å². The molecule has 4 heterocycles. The van der Waals surface area contributed by atoms with Crippen LogP contribution in [-0.2, 0) is 33.7 Å². The van der Waals surface area contributed by atoms with Crippen LogP contribution in [0.25, 0.3) is 11.3 Å². The monoisotopic (exact) mass is 298 g/mol. The van der Waals surface area contributed by atoms with Crippen molar-refractivity contribution in [3.63, 3.8) is 0 Å². The molecule has 0 bridgehead atoms. The van der Waals surface area contributed by atoms with Crippen LogP contribution in [0.5, 0.6) is 0 Å². The third-order valence-corrected chi connectivity index (χ3v) is 4.95. The molecule has 0 N–H and O–H groups in total. The first-order valence-electron chi connectivity index (χ1n) is 7.12. The number of hydrogen-bond acceptors (Lipinski definition) is 3. The number of fused-ring (bicyclic) bond motifs is 3. The maximum atomic E-state index is 4.68. The van der Waals surface area contributed by atoms with Gasteiger partial charge in [-0.05, 0) is 17.5 Å². The van der Waals surface area contributed by atoms with Crippen LogP contribution in [0.2, 0.25) is 0 Å². The van der Waals surface area contributed by atoms with Crippen molar-refractivity contribution in [3.05, 3.63) is 52.1 Å². The normalized spacial score (nSPS) is 14.8. The Hall–Kier alpha value is -1.85. The van der Waals surface area contributed by atoms with Gasteiger partial charge in [-0.15, -0.1) is 11.3 Å². The molecule has 0 aliphatic carbocycles. The molecule has 0 aromatic carbocycles. The third kappa shape index (κ3) is 2.22. The Labute approximate surface area is 128 Å². The van der Waals surface area contributed by atoms with E-state index in [9.17, 15) is 0 Å². The highest BCUT2D eigenvalue weighted by Gasteiger charge is 2.24. The van der Waals surface area contributed by atoms with Gasteiger partial charge in [0.2, 0.25) is 0 Å². The zero-order chi connectivity index (χ0) is 14.4. The van der Waals surface area contributed by atoms with Crippen LogP contribution < -0.4 is 0 Å². The van der Waals surface area contributed by atoms with Crippen LogP contribution in [-0.4, -0.2) is 19.2 Å². The first-order chi connectivity index (χ1) is 10.2. The summed E-state index contributed by atoms with van der Waals surface area (Å²) >= 11 is 1.83. The molecule has 1 aliphatic heterocycles. The smallest absolute Gasteiger partial charge is 0.0986 e. The molecule has 0 fully saturated rings. The summed E-state index contributed by atoms with van der Waals surface area (Å²) in [6, 6.07) is 6.53. The summed E-state index contributed by atoms with van der Waals surface area (Å²) in [7, 11) is 4.12. The van der Waals surface area contributed by atoms with E-state index in [0.717, 1.165) is 25.3 Å². The van der Waals surface area contributed by atoms with Gasteiger partial charge in [0.25, 0.3) is 0 Å². The molecular formula is C16H18N4S. The van der Waals surface area contributed by atoms with Crippen molar-refractivity contribution >= 4 is 11.3 Å². The fourth-order valence-corrected chi connectivity index (χ4v) is 3.84. The summed E-state index contributed by atoms with van der Waals surface area (Å²) in [5.74, 6) is 0. The van der Waals surface area contributed by atoms with Gasteiger partial charge in [-0.2, -0.15) is 5.10 Å². The SMILES string of the molecule is Cn1cc2c(n1)-c1ccn(C)c1CN(Cc1cccs1)C2. The highest BCUT2D eigenvalue weighted by molar-refractivity contribution is 7.09. The number of hydrogen-bond donors (Lipinski definition) is 0. The Morgan fingerprint density at radius 3 is 2.95 bits per heavy atom. The van der Waals surface area contributed by atoms with E-state index in [2.05, 4.69) is 57.6 Å². The summed E-state index contributed by atoms with van der Waals surface area (Å²) in [4.78, 5) is 3.91. The number of aryl methyl sites for hydroxylation is 2. The molecule has 0 spiro atoms. The van der Waals surface area contributed by atoms with Gasteiger partial charge in [-0.25, -0.2) is 0 Å². The second kappa shape index (κ2) is 4.86. The van der Waals surface area contributed by atoms with Crippen molar-refractivity contribution in [2.75, 3.05) is 0 Å². The summed E-state index contributed by atoms with van der Waals surface area (Å²) in [6.45, 7) is 2.92. The highest BCUT2D eigenvalue weighted by Crippen LogP contribution is 2.32. The van der Waals surface area contributed by atoms with Crippen LogP contribution in [0.1, 0.15) is 16.1 Å². The molecule has 21 heavy (non-hydrogen) atoms. The number of rotatable bonds is 2. The Morgan fingerprint density at radius 1 is 1.24 bits per heavy atom. The third-order valence-electron chi connectivity index (χ3n) is 4.09. The Balaban J connectivity index is 1.76. The average molecular weight is 298 g/mol. The molecule has 0 saturated carbocycles. The molecule has 0 unspecified atom stereocenters. The van der Waals surface area contributed by atoms with Crippen molar-refractivity contribution < 1.29 is 0 Å². The van der Waals surface area contributed by atoms with Crippen molar-refractivity contribution in [1.82, 2.24) is 19.2 Å². The lowest BCUT2D eigenvalue weighted by Gasteiger charge is -2.20. The van der Waals surface area contributed by atoms with Crippen molar-refractivity contribution in [1.29, 1.82) is 0 Å². The summed E-state index contributed by atoms with van der Waals surface area (Å²) in [5.41, 5.74) is 5.09. The molecule has 5 heteroatoms. The molecule has 4 nitrogen and oxygen atoms in total. The predicted octanol–water partition coefficient (Wildman–Crippen LogP) is 3.00. The Kier molecular flexibility index (Phi) is 2.97. The van der Waals surface area contributed by atoms with E-state index >= 15 is 0 Å². The molecule has 108 valence electrons. The fourth-order valence-electron chi connectivity index (χ4n) is 3.10. The highest BCUT2D eigenvalue weighted by atomic mass is 32.1. The largest absolute Gasteiger partial charge is 0.353 e. The van der Waals surface area contributed by atoms with E-state index in [-0.39, 0.29) is 0 Å². The molecule has 3 aromatic rings. The average Bonchev–Trinajstić information content (AvgIpc) is 3.12. The minimum absolute atomic E-state index is 0.954. The molecule has 0 radical (unpaired) electrons. The van der Waals surface area contributed by atoms with Gasteiger partial charge in [-0.3, -0.25) is 9.58 Å². The van der Waals surface area contributed by atoms with E-state index in [0.29, 0.717) is 0 Å². The first-order valence-corrected chi connectivity index (χ1v) is 8.00. The summed E-state index contributed by atoms with van der Waals surface area (Å²) < 4.78 is 4.15. The molecule has 1 aliphatic rings. The second-order valence-corrected chi connectivity index (χ2v) is 6.72. The zero-order valence-corrected chi connectivity index (χ0v) is 13.1. The van der Waals surface area contributed by atoms with Gasteiger partial charge < -0.3 is 4.57 Å². The molecule has 0 saturated heterocycles. The zero-order valence-electron chi connectivity index (χ0n) is 12.3. The van der Waals surface area contributed by atoms with Gasteiger partial charge in [0.15, 0.2) is 0 Å². The Morgan fingerprint density at radius 2 is 2.14 bits per heavy atom. The first kappa shape index (κ1) is 12.9. The van der Waals surface area contributed by atoms with Gasteiger partial charge in [-0.1, -0.05) is 6.07 Å². The second-order valence-electron chi connectivity index (χ2n) is 5.69. The maximum Gasteiger partial charge on any atom is 0.0986 e. The van der Waals surface area contributed by atoms with Gasteiger partial charge in [0, 0.05) is 67.8 Å². The fraction of sp³-hybridized carbons (Fsp3) is 0.312. The lowest BCUT2D eigenvalue weighted by atomic mass is 10.1. The van der Waals surface area contributed by atoms with E-state index in [4.69, 9.17) is 0 Å². The van der Waals surface area contributed by atoms with Gasteiger partial charge in [0.05, 0.1) is 5.69 Å². The van der Waals surface area contributed by atoms with Gasteiger partial charge in [0.1, 0.15) is 0 Å². The quantitative estimate of drug-likeness (QED) is 0.727. The van der Waals surface area contributed by atoms with Crippen LogP contribution in [0.4, 0.5) is 0 Å². The van der Waals surface area contributed by atoms with E-state index in [1.165, 1.54) is 21.7 Å². The predicted molar refractivity (Wildman–Crippen MR) is 84.9 cm³/mol. The molecule has 0 amide bonds. The van der Waals surface area contributed by atoms with Crippen molar-refractivity contribution in [3.8, 4) is 11.3 Å². The van der Waals surface area contributed by atoms with Crippen molar-refractivity contribution in [2.45, 2.75) is 19.6 Å². The molecule has 3 aromatic heterocycles. The van der Waals surface area contributed by atoms with Crippen LogP contribution in [0.15, 0.2) is 36.0 Å². The Bertz CT molecular complexity index is 766. The summed E-state index contributed by atoms with van der Waals surface area (Å²) in [6.07, 6.45) is 4.29.